The molecule has 0 radical (unpaired) electrons. The smallest absolute Gasteiger partial charge is 0.239 e. The number of benzene rings is 2. The highest BCUT2D eigenvalue weighted by Gasteiger charge is 2.30. The van der Waals surface area contributed by atoms with E-state index >= 15 is 0 Å². The lowest BCUT2D eigenvalue weighted by molar-refractivity contribution is 0.340. The first kappa shape index (κ1) is 20.8. The monoisotopic (exact) mass is 447 g/mol. The first-order chi connectivity index (χ1) is 15.6. The average molecular weight is 448 g/mol. The summed E-state index contributed by atoms with van der Waals surface area (Å²) in [6, 6.07) is 16.3. The lowest BCUT2D eigenvalue weighted by Gasteiger charge is -2.13. The molecule has 4 aromatic rings. The van der Waals surface area contributed by atoms with Gasteiger partial charge in [0.1, 0.15) is 5.75 Å². The Morgan fingerprint density at radius 2 is 1.97 bits per heavy atom. The minimum absolute atomic E-state index is 0.0500. The maximum Gasteiger partial charge on any atom is 0.239 e. The highest BCUT2D eigenvalue weighted by molar-refractivity contribution is 7.99. The van der Waals surface area contributed by atoms with Crippen molar-refractivity contribution >= 4 is 11.8 Å². The number of ether oxygens (including phenoxy) is 1. The highest BCUT2D eigenvalue weighted by atomic mass is 32.2. The quantitative estimate of drug-likeness (QED) is 0.318. The molecule has 0 aliphatic heterocycles. The van der Waals surface area contributed by atoms with Crippen LogP contribution in [0.3, 0.4) is 0 Å². The van der Waals surface area contributed by atoms with Gasteiger partial charge < -0.3 is 9.26 Å². The molecule has 1 atom stereocenters. The molecule has 1 fully saturated rings. The van der Waals surface area contributed by atoms with Gasteiger partial charge in [0.05, 0.1) is 11.9 Å². The molecule has 2 aromatic heterocycles. The summed E-state index contributed by atoms with van der Waals surface area (Å²) in [6.45, 7) is 6.74. The Morgan fingerprint density at radius 3 is 2.69 bits per heavy atom. The third-order valence-corrected chi connectivity index (χ3v) is 6.38. The number of rotatable bonds is 8. The molecule has 0 spiro atoms. The van der Waals surface area contributed by atoms with E-state index in [-0.39, 0.29) is 5.25 Å². The van der Waals surface area contributed by atoms with Crippen LogP contribution in [0.25, 0.3) is 17.1 Å². The van der Waals surface area contributed by atoms with Gasteiger partial charge in [0.25, 0.3) is 0 Å². The van der Waals surface area contributed by atoms with E-state index in [0.717, 1.165) is 46.6 Å². The summed E-state index contributed by atoms with van der Waals surface area (Å²) >= 11 is 1.56. The van der Waals surface area contributed by atoms with Crippen molar-refractivity contribution in [2.45, 2.75) is 49.9 Å². The van der Waals surface area contributed by atoms with Crippen molar-refractivity contribution in [1.82, 2.24) is 24.9 Å². The van der Waals surface area contributed by atoms with Crippen molar-refractivity contribution < 1.29 is 9.26 Å². The molecular weight excluding hydrogens is 422 g/mol. The Balaban J connectivity index is 1.51. The van der Waals surface area contributed by atoms with E-state index in [1.54, 1.807) is 11.8 Å². The summed E-state index contributed by atoms with van der Waals surface area (Å²) in [5.74, 6) is 3.53. The molecule has 164 valence electrons. The molecule has 0 amide bonds. The molecule has 8 heteroatoms. The molecule has 0 bridgehead atoms. The Labute approximate surface area is 191 Å². The van der Waals surface area contributed by atoms with Gasteiger partial charge in [0.2, 0.25) is 5.89 Å². The fourth-order valence-electron chi connectivity index (χ4n) is 3.54. The summed E-state index contributed by atoms with van der Waals surface area (Å²) in [4.78, 5) is 4.61. The normalized spacial score (nSPS) is 14.5. The van der Waals surface area contributed by atoms with Crippen molar-refractivity contribution in [3.8, 4) is 22.8 Å². The van der Waals surface area contributed by atoms with E-state index in [9.17, 15) is 0 Å². The van der Waals surface area contributed by atoms with Gasteiger partial charge in [0, 0.05) is 17.2 Å². The lowest BCUT2D eigenvalue weighted by Crippen LogP contribution is -2.01. The fourth-order valence-corrected chi connectivity index (χ4v) is 4.43. The molecule has 32 heavy (non-hydrogen) atoms. The Bertz CT molecular complexity index is 1210. The van der Waals surface area contributed by atoms with Crippen molar-refractivity contribution in [2.24, 2.45) is 0 Å². The zero-order chi connectivity index (χ0) is 22.1. The van der Waals surface area contributed by atoms with Crippen molar-refractivity contribution in [2.75, 3.05) is 6.61 Å². The molecule has 7 nitrogen and oxygen atoms in total. The molecule has 1 aliphatic carbocycles. The first-order valence-electron chi connectivity index (χ1n) is 10.9. The van der Waals surface area contributed by atoms with E-state index in [1.165, 1.54) is 5.56 Å². The van der Waals surface area contributed by atoms with Gasteiger partial charge in [-0.3, -0.25) is 4.57 Å². The molecule has 0 N–H and O–H groups in total. The minimum atomic E-state index is -0.0500. The summed E-state index contributed by atoms with van der Waals surface area (Å²) < 4.78 is 13.2. The minimum Gasteiger partial charge on any atom is -0.494 e. The summed E-state index contributed by atoms with van der Waals surface area (Å²) in [5.41, 5.74) is 3.15. The second-order valence-electron chi connectivity index (χ2n) is 7.96. The number of hydrogen-bond acceptors (Lipinski definition) is 7. The zero-order valence-corrected chi connectivity index (χ0v) is 19.2. The van der Waals surface area contributed by atoms with E-state index in [1.807, 2.05) is 37.3 Å². The first-order valence-corrected chi connectivity index (χ1v) is 11.8. The van der Waals surface area contributed by atoms with Crippen LogP contribution in [0.5, 0.6) is 5.75 Å². The van der Waals surface area contributed by atoms with Gasteiger partial charge in [-0.05, 0) is 63.9 Å². The van der Waals surface area contributed by atoms with Crippen LogP contribution in [0, 0.1) is 6.92 Å². The molecule has 1 saturated carbocycles. The van der Waals surface area contributed by atoms with Crippen LogP contribution in [0.2, 0.25) is 0 Å². The van der Waals surface area contributed by atoms with Crippen LogP contribution < -0.4 is 4.74 Å². The Hall–Kier alpha value is -3.13. The standard InChI is InChI=1S/C24H25N5O2S/c1-4-30-20-12-10-19(11-13-20)29-22(18-7-5-6-15(2)14-18)26-27-24(29)32-16(3)23-25-21(28-31-23)17-8-9-17/h5-7,10-14,16-17H,4,8-9H2,1-3H3. The summed E-state index contributed by atoms with van der Waals surface area (Å²) in [5, 5.41) is 14.0. The largest absolute Gasteiger partial charge is 0.494 e. The van der Waals surface area contributed by atoms with Gasteiger partial charge in [-0.1, -0.05) is 40.7 Å². The molecule has 2 heterocycles. The van der Waals surface area contributed by atoms with Crippen LogP contribution in [-0.2, 0) is 0 Å². The van der Waals surface area contributed by atoms with Crippen LogP contribution in [0.1, 0.15) is 55.1 Å². The van der Waals surface area contributed by atoms with Gasteiger partial charge >= 0.3 is 0 Å². The Kier molecular flexibility index (Phi) is 5.70. The van der Waals surface area contributed by atoms with Crippen molar-refractivity contribution in [3.63, 3.8) is 0 Å². The van der Waals surface area contributed by atoms with Crippen LogP contribution in [0.15, 0.2) is 58.2 Å². The number of aromatic nitrogens is 5. The predicted octanol–water partition coefficient (Wildman–Crippen LogP) is 5.76. The molecule has 1 unspecified atom stereocenters. The maximum atomic E-state index is 5.61. The third kappa shape index (κ3) is 4.27. The van der Waals surface area contributed by atoms with Crippen LogP contribution in [-0.4, -0.2) is 31.5 Å². The van der Waals surface area contributed by atoms with Crippen molar-refractivity contribution in [1.29, 1.82) is 0 Å². The van der Waals surface area contributed by atoms with Crippen LogP contribution >= 0.6 is 11.8 Å². The highest BCUT2D eigenvalue weighted by Crippen LogP contribution is 2.41. The van der Waals surface area contributed by atoms with E-state index < -0.39 is 0 Å². The molecule has 5 rings (SSSR count). The number of aryl methyl sites for hydroxylation is 1. The summed E-state index contributed by atoms with van der Waals surface area (Å²) in [6.07, 6.45) is 2.29. The zero-order valence-electron chi connectivity index (χ0n) is 18.4. The topological polar surface area (TPSA) is 78.9 Å². The average Bonchev–Trinajstić information content (AvgIpc) is 3.37. The van der Waals surface area contributed by atoms with Gasteiger partial charge in [-0.2, -0.15) is 4.98 Å². The van der Waals surface area contributed by atoms with Crippen molar-refractivity contribution in [3.05, 3.63) is 65.8 Å². The molecule has 2 aromatic carbocycles. The van der Waals surface area contributed by atoms with E-state index in [0.29, 0.717) is 18.4 Å². The van der Waals surface area contributed by atoms with Gasteiger partial charge in [-0.15, -0.1) is 10.2 Å². The van der Waals surface area contributed by atoms with E-state index in [2.05, 4.69) is 57.0 Å². The van der Waals surface area contributed by atoms with E-state index in [4.69, 9.17) is 9.26 Å². The number of nitrogens with zero attached hydrogens (tertiary/aromatic N) is 5. The third-order valence-electron chi connectivity index (χ3n) is 5.35. The Morgan fingerprint density at radius 1 is 1.16 bits per heavy atom. The molecule has 1 aliphatic rings. The van der Waals surface area contributed by atoms with Gasteiger partial charge in [-0.25, -0.2) is 0 Å². The predicted molar refractivity (Wildman–Crippen MR) is 123 cm³/mol. The second-order valence-corrected chi connectivity index (χ2v) is 9.27. The summed E-state index contributed by atoms with van der Waals surface area (Å²) in [7, 11) is 0. The molecule has 0 saturated heterocycles. The van der Waals surface area contributed by atoms with Crippen LogP contribution in [0.4, 0.5) is 0 Å². The number of thioether (sulfide) groups is 1. The van der Waals surface area contributed by atoms with Gasteiger partial charge in [0.15, 0.2) is 16.8 Å². The molecular formula is C24H25N5O2S. The number of hydrogen-bond donors (Lipinski definition) is 0. The second kappa shape index (κ2) is 8.78. The SMILES string of the molecule is CCOc1ccc(-n2c(SC(C)c3nc(C4CC4)no3)nnc2-c2cccc(C)c2)cc1. The fraction of sp³-hybridized carbons (Fsp3) is 0.333. The lowest BCUT2D eigenvalue weighted by atomic mass is 10.1. The maximum absolute atomic E-state index is 5.61.